The number of halogens is 1. The Kier molecular flexibility index (Phi) is 5.56. The quantitative estimate of drug-likeness (QED) is 0.594. The van der Waals surface area contributed by atoms with Crippen LogP contribution >= 0.6 is 22.9 Å². The van der Waals surface area contributed by atoms with Gasteiger partial charge in [-0.2, -0.15) is 0 Å². The zero-order valence-electron chi connectivity index (χ0n) is 16.4. The molecule has 7 nitrogen and oxygen atoms in total. The molecule has 1 aliphatic heterocycles. The van der Waals surface area contributed by atoms with Crippen molar-refractivity contribution in [3.63, 3.8) is 0 Å². The molecule has 4 rings (SSSR count). The Morgan fingerprint density at radius 2 is 1.97 bits per heavy atom. The number of aromatic nitrogens is 3. The fourth-order valence-electron chi connectivity index (χ4n) is 3.56. The van der Waals surface area contributed by atoms with E-state index in [1.165, 1.54) is 11.3 Å². The van der Waals surface area contributed by atoms with Crippen LogP contribution in [-0.2, 0) is 11.3 Å². The van der Waals surface area contributed by atoms with Gasteiger partial charge in [-0.3, -0.25) is 14.2 Å². The number of thiophene rings is 1. The van der Waals surface area contributed by atoms with Gasteiger partial charge in [0.2, 0.25) is 5.91 Å². The maximum atomic E-state index is 12.8. The van der Waals surface area contributed by atoms with E-state index in [9.17, 15) is 9.59 Å². The van der Waals surface area contributed by atoms with Gasteiger partial charge in [0.25, 0.3) is 5.56 Å². The van der Waals surface area contributed by atoms with E-state index in [4.69, 9.17) is 11.6 Å². The van der Waals surface area contributed by atoms with Gasteiger partial charge >= 0.3 is 0 Å². The van der Waals surface area contributed by atoms with Crippen LogP contribution in [0.4, 0.5) is 5.82 Å². The first-order valence-corrected chi connectivity index (χ1v) is 10.7. The fraction of sp³-hybridized carbons (Fsp3) is 0.400. The molecular weight excluding hydrogens is 410 g/mol. The largest absolute Gasteiger partial charge is 0.353 e. The minimum Gasteiger partial charge on any atom is -0.353 e. The lowest BCUT2D eigenvalue weighted by molar-refractivity contribution is -0.131. The highest BCUT2D eigenvalue weighted by molar-refractivity contribution is 7.18. The van der Waals surface area contributed by atoms with Gasteiger partial charge in [-0.1, -0.05) is 17.7 Å². The third-order valence-electron chi connectivity index (χ3n) is 5.38. The second-order valence-electron chi connectivity index (χ2n) is 7.14. The van der Waals surface area contributed by atoms with E-state index >= 15 is 0 Å². The standard InChI is InChI=1S/C20H22ClN5O2S/c1-13-14(2)29-19-18(13)20(28)26(12-22-19)7-6-17(27)25-10-8-24(9-11-25)16-5-3-4-15(21)23-16/h3-5,12H,6-11H2,1-2H3. The van der Waals surface area contributed by atoms with Gasteiger partial charge in [-0.05, 0) is 31.5 Å². The molecule has 0 radical (unpaired) electrons. The number of anilines is 1. The normalized spacial score (nSPS) is 14.6. The number of hydrogen-bond acceptors (Lipinski definition) is 6. The van der Waals surface area contributed by atoms with Gasteiger partial charge in [0.05, 0.1) is 11.7 Å². The Labute approximate surface area is 177 Å². The van der Waals surface area contributed by atoms with Crippen LogP contribution in [0.15, 0.2) is 29.3 Å². The molecule has 3 aromatic heterocycles. The first-order chi connectivity index (χ1) is 13.9. The van der Waals surface area contributed by atoms with Crippen molar-refractivity contribution in [2.24, 2.45) is 0 Å². The Morgan fingerprint density at radius 1 is 1.21 bits per heavy atom. The number of fused-ring (bicyclic) bond motifs is 1. The van der Waals surface area contributed by atoms with Crippen molar-refractivity contribution >= 4 is 44.9 Å². The van der Waals surface area contributed by atoms with Crippen LogP contribution < -0.4 is 10.5 Å². The number of piperazine rings is 1. The lowest BCUT2D eigenvalue weighted by Gasteiger charge is -2.35. The van der Waals surface area contributed by atoms with Gasteiger partial charge < -0.3 is 9.80 Å². The van der Waals surface area contributed by atoms with Gasteiger partial charge in [0.15, 0.2) is 0 Å². The molecule has 0 unspecified atom stereocenters. The molecule has 1 fully saturated rings. The van der Waals surface area contributed by atoms with E-state index < -0.39 is 0 Å². The summed E-state index contributed by atoms with van der Waals surface area (Å²) in [5, 5.41) is 1.14. The molecule has 1 saturated heterocycles. The smallest absolute Gasteiger partial charge is 0.262 e. The number of pyridine rings is 1. The fourth-order valence-corrected chi connectivity index (χ4v) is 4.71. The highest BCUT2D eigenvalue weighted by Crippen LogP contribution is 2.25. The van der Waals surface area contributed by atoms with E-state index in [-0.39, 0.29) is 17.9 Å². The molecular formula is C20H22ClN5O2S. The van der Waals surface area contributed by atoms with Crippen LogP contribution in [0.2, 0.25) is 5.15 Å². The number of nitrogens with zero attached hydrogens (tertiary/aromatic N) is 5. The SMILES string of the molecule is Cc1sc2ncn(CCC(=O)N3CCN(c4cccc(Cl)n4)CC3)c(=O)c2c1C. The maximum Gasteiger partial charge on any atom is 0.262 e. The van der Waals surface area contributed by atoms with Gasteiger partial charge in [0, 0.05) is 44.0 Å². The number of carbonyl (C=O) groups excluding carboxylic acids is 1. The third kappa shape index (κ3) is 4.00. The molecule has 0 atom stereocenters. The molecule has 3 aromatic rings. The first kappa shape index (κ1) is 19.8. The van der Waals surface area contributed by atoms with Crippen molar-refractivity contribution in [3.8, 4) is 0 Å². The van der Waals surface area contributed by atoms with Crippen LogP contribution in [0.5, 0.6) is 0 Å². The average Bonchev–Trinajstić information content (AvgIpc) is 3.02. The van der Waals surface area contributed by atoms with Crippen molar-refractivity contribution in [2.75, 3.05) is 31.1 Å². The highest BCUT2D eigenvalue weighted by Gasteiger charge is 2.22. The van der Waals surface area contributed by atoms with Gasteiger partial charge in [-0.25, -0.2) is 9.97 Å². The lowest BCUT2D eigenvalue weighted by Crippen LogP contribution is -2.49. The molecule has 9 heteroatoms. The number of amides is 1. The Morgan fingerprint density at radius 3 is 2.69 bits per heavy atom. The van der Waals surface area contributed by atoms with Crippen LogP contribution in [0.3, 0.4) is 0 Å². The maximum absolute atomic E-state index is 12.8. The lowest BCUT2D eigenvalue weighted by atomic mass is 10.2. The van der Waals surface area contributed by atoms with Crippen LogP contribution in [0.1, 0.15) is 16.9 Å². The van der Waals surface area contributed by atoms with Crippen molar-refractivity contribution in [1.29, 1.82) is 0 Å². The molecule has 0 N–H and O–H groups in total. The van der Waals surface area contributed by atoms with E-state index in [0.717, 1.165) is 21.1 Å². The minimum absolute atomic E-state index is 0.0499. The van der Waals surface area contributed by atoms with Gasteiger partial charge in [-0.15, -0.1) is 11.3 Å². The summed E-state index contributed by atoms with van der Waals surface area (Å²) >= 11 is 7.50. The Balaban J connectivity index is 1.37. The number of hydrogen-bond donors (Lipinski definition) is 0. The molecule has 152 valence electrons. The van der Waals surface area contributed by atoms with Crippen molar-refractivity contribution < 1.29 is 4.79 Å². The number of carbonyl (C=O) groups is 1. The summed E-state index contributed by atoms with van der Waals surface area (Å²) in [4.78, 5) is 40.0. The average molecular weight is 432 g/mol. The minimum atomic E-state index is -0.0681. The summed E-state index contributed by atoms with van der Waals surface area (Å²) < 4.78 is 1.55. The van der Waals surface area contributed by atoms with E-state index in [2.05, 4.69) is 14.9 Å². The summed E-state index contributed by atoms with van der Waals surface area (Å²) in [7, 11) is 0. The molecule has 0 aromatic carbocycles. The van der Waals surface area contributed by atoms with Crippen molar-refractivity contribution in [3.05, 3.63) is 50.5 Å². The molecule has 0 aliphatic carbocycles. The van der Waals surface area contributed by atoms with Crippen molar-refractivity contribution in [2.45, 2.75) is 26.8 Å². The molecule has 1 amide bonds. The number of aryl methyl sites for hydroxylation is 3. The topological polar surface area (TPSA) is 71.3 Å². The molecule has 29 heavy (non-hydrogen) atoms. The highest BCUT2D eigenvalue weighted by atomic mass is 35.5. The summed E-state index contributed by atoms with van der Waals surface area (Å²) in [6.07, 6.45) is 1.83. The summed E-state index contributed by atoms with van der Waals surface area (Å²) in [5.74, 6) is 0.880. The van der Waals surface area contributed by atoms with E-state index in [0.29, 0.717) is 43.3 Å². The monoisotopic (exact) mass is 431 g/mol. The second-order valence-corrected chi connectivity index (χ2v) is 8.73. The van der Waals surface area contributed by atoms with Crippen LogP contribution in [0.25, 0.3) is 10.2 Å². The second kappa shape index (κ2) is 8.12. The predicted molar refractivity (Wildman–Crippen MR) is 116 cm³/mol. The third-order valence-corrected chi connectivity index (χ3v) is 6.70. The molecule has 0 spiro atoms. The van der Waals surface area contributed by atoms with E-state index in [1.807, 2.05) is 30.9 Å². The predicted octanol–water partition coefficient (Wildman–Crippen LogP) is 2.86. The summed E-state index contributed by atoms with van der Waals surface area (Å²) in [5.41, 5.74) is 0.912. The summed E-state index contributed by atoms with van der Waals surface area (Å²) in [6, 6.07) is 5.55. The van der Waals surface area contributed by atoms with Crippen molar-refractivity contribution in [1.82, 2.24) is 19.4 Å². The summed E-state index contributed by atoms with van der Waals surface area (Å²) in [6.45, 7) is 6.95. The zero-order valence-corrected chi connectivity index (χ0v) is 18.0. The first-order valence-electron chi connectivity index (χ1n) is 9.54. The van der Waals surface area contributed by atoms with Crippen LogP contribution in [0, 0.1) is 13.8 Å². The van der Waals surface area contributed by atoms with Gasteiger partial charge in [0.1, 0.15) is 15.8 Å². The number of rotatable bonds is 4. The van der Waals surface area contributed by atoms with E-state index in [1.54, 1.807) is 17.0 Å². The Bertz CT molecular complexity index is 1120. The molecule has 4 heterocycles. The Hall–Kier alpha value is -2.45. The molecule has 0 bridgehead atoms. The molecule has 0 saturated carbocycles. The molecule has 1 aliphatic rings. The zero-order chi connectivity index (χ0) is 20.5. The van der Waals surface area contributed by atoms with Crippen LogP contribution in [-0.4, -0.2) is 51.5 Å².